The number of ether oxygens (including phenoxy) is 1. The number of benzene rings is 2. The van der Waals surface area contributed by atoms with Crippen LogP contribution in [0, 0.1) is 6.92 Å². The van der Waals surface area contributed by atoms with Gasteiger partial charge in [0.2, 0.25) is 0 Å². The third-order valence-corrected chi connectivity index (χ3v) is 7.39. The van der Waals surface area contributed by atoms with E-state index >= 15 is 0 Å². The minimum absolute atomic E-state index is 0.0280. The highest BCUT2D eigenvalue weighted by molar-refractivity contribution is 5.92. The van der Waals surface area contributed by atoms with Crippen molar-refractivity contribution in [3.8, 4) is 22.6 Å². The first-order valence-corrected chi connectivity index (χ1v) is 13.8. The van der Waals surface area contributed by atoms with Crippen LogP contribution in [0.2, 0.25) is 0 Å². The summed E-state index contributed by atoms with van der Waals surface area (Å²) >= 11 is 0. The van der Waals surface area contributed by atoms with Gasteiger partial charge in [-0.1, -0.05) is 54.6 Å². The molecular weight excluding hydrogens is 494 g/mol. The summed E-state index contributed by atoms with van der Waals surface area (Å²) in [5.74, 6) is -0.257. The van der Waals surface area contributed by atoms with E-state index in [9.17, 15) is 4.79 Å². The predicted molar refractivity (Wildman–Crippen MR) is 163 cm³/mol. The van der Waals surface area contributed by atoms with Crippen molar-refractivity contribution < 1.29 is 9.53 Å². The topological polar surface area (TPSA) is 67.9 Å². The van der Waals surface area contributed by atoms with Crippen LogP contribution < -0.4 is 10.4 Å². The van der Waals surface area contributed by atoms with E-state index < -0.39 is 0 Å². The van der Waals surface area contributed by atoms with Crippen molar-refractivity contribution >= 4 is 24.2 Å². The Morgan fingerprint density at radius 1 is 1.05 bits per heavy atom. The summed E-state index contributed by atoms with van der Waals surface area (Å²) in [7, 11) is 0. The molecule has 0 spiro atoms. The van der Waals surface area contributed by atoms with Crippen LogP contribution >= 0.6 is 0 Å². The van der Waals surface area contributed by atoms with Crippen LogP contribution in [0.5, 0.6) is 0 Å². The van der Waals surface area contributed by atoms with Crippen LogP contribution in [0.25, 0.3) is 40.9 Å². The molecule has 2 aromatic carbocycles. The summed E-state index contributed by atoms with van der Waals surface area (Å²) in [6, 6.07) is 19.8. The molecule has 0 saturated heterocycles. The van der Waals surface area contributed by atoms with Gasteiger partial charge in [0.15, 0.2) is 0 Å². The average molecular weight is 530 g/mol. The maximum absolute atomic E-state index is 12.8. The lowest BCUT2D eigenvalue weighted by Gasteiger charge is -2.16. The fraction of sp³-hybridized carbons (Fsp3) is 0.229. The molecule has 1 aliphatic carbocycles. The number of allylic oxidation sites excluding steroid dienone is 4. The summed E-state index contributed by atoms with van der Waals surface area (Å²) in [5, 5.41) is 1.92. The smallest absolute Gasteiger partial charge is 0.338 e. The molecule has 1 atom stereocenters. The summed E-state index contributed by atoms with van der Waals surface area (Å²) in [4.78, 5) is 25.3. The SMILES string of the molecule is C=c1ccc(-c2nc[nH]c2-c2cccc(C)n2)c/c1=C/C(=C\C)c1ccc(C(=O)O[C@@H]2CCC=C(C)CC2)cc1. The van der Waals surface area contributed by atoms with Gasteiger partial charge in [-0.2, -0.15) is 0 Å². The number of imidazole rings is 1. The second-order valence-corrected chi connectivity index (χ2v) is 10.4. The van der Waals surface area contributed by atoms with Gasteiger partial charge in [0, 0.05) is 11.3 Å². The molecular formula is C35H35N3O2. The van der Waals surface area contributed by atoms with E-state index in [1.165, 1.54) is 5.57 Å². The standard InChI is InChI=1S/C35H35N3O2/c1-5-26(27-15-17-28(18-16-27)35(39)40-31-10-6-8-23(2)12-19-31)20-30-21-29(14-13-24(30)3)33-34(37-22-36-33)32-11-7-9-25(4)38-32/h5,7-9,11,13-18,20-22,31H,3,6,10,12,19H2,1-2,4H3,(H,36,37)/b26-5+,30-20-/t31-/m1/s1. The van der Waals surface area contributed by atoms with Gasteiger partial charge in [-0.05, 0) is 104 Å². The van der Waals surface area contributed by atoms with E-state index in [1.807, 2.05) is 68.4 Å². The quantitative estimate of drug-likeness (QED) is 0.221. The summed E-state index contributed by atoms with van der Waals surface area (Å²) < 4.78 is 5.82. The van der Waals surface area contributed by atoms with Crippen molar-refractivity contribution in [1.82, 2.24) is 15.0 Å². The Morgan fingerprint density at radius 3 is 2.62 bits per heavy atom. The normalized spacial score (nSPS) is 16.4. The van der Waals surface area contributed by atoms with Crippen LogP contribution in [-0.4, -0.2) is 27.0 Å². The predicted octanol–water partition coefficient (Wildman–Crippen LogP) is 6.79. The minimum Gasteiger partial charge on any atom is -0.459 e. The number of hydrogen-bond acceptors (Lipinski definition) is 4. The number of nitrogens with one attached hydrogen (secondary N) is 1. The highest BCUT2D eigenvalue weighted by Crippen LogP contribution is 2.27. The maximum atomic E-state index is 12.8. The van der Waals surface area contributed by atoms with Crippen molar-refractivity contribution in [2.45, 2.75) is 52.6 Å². The van der Waals surface area contributed by atoms with E-state index in [-0.39, 0.29) is 12.1 Å². The largest absolute Gasteiger partial charge is 0.459 e. The van der Waals surface area contributed by atoms with Gasteiger partial charge in [0.1, 0.15) is 6.10 Å². The number of aryl methyl sites for hydroxylation is 1. The monoisotopic (exact) mass is 529 g/mol. The third-order valence-electron chi connectivity index (χ3n) is 7.39. The number of nitrogens with zero attached hydrogens (tertiary/aromatic N) is 2. The Hall–Kier alpha value is -4.51. The van der Waals surface area contributed by atoms with Crippen molar-refractivity contribution in [2.75, 3.05) is 0 Å². The number of hydrogen-bond donors (Lipinski definition) is 1. The molecule has 40 heavy (non-hydrogen) atoms. The molecule has 1 N–H and O–H groups in total. The molecule has 5 heteroatoms. The molecule has 0 fully saturated rings. The lowest BCUT2D eigenvalue weighted by atomic mass is 10.0. The van der Waals surface area contributed by atoms with E-state index in [0.717, 1.165) is 75.6 Å². The first kappa shape index (κ1) is 27.1. The summed E-state index contributed by atoms with van der Waals surface area (Å²) in [6.07, 6.45) is 11.8. The Kier molecular flexibility index (Phi) is 8.20. The number of pyridine rings is 1. The highest BCUT2D eigenvalue weighted by atomic mass is 16.5. The Bertz CT molecular complexity index is 1690. The lowest BCUT2D eigenvalue weighted by molar-refractivity contribution is 0.0269. The van der Waals surface area contributed by atoms with Crippen molar-refractivity contribution in [3.63, 3.8) is 0 Å². The van der Waals surface area contributed by atoms with Crippen molar-refractivity contribution in [1.29, 1.82) is 0 Å². The number of rotatable bonds is 6. The molecule has 2 aromatic heterocycles. The van der Waals surface area contributed by atoms with E-state index in [0.29, 0.717) is 5.56 Å². The molecule has 0 aliphatic heterocycles. The molecule has 2 heterocycles. The molecule has 0 unspecified atom stereocenters. The van der Waals surface area contributed by atoms with Gasteiger partial charge < -0.3 is 9.72 Å². The zero-order valence-corrected chi connectivity index (χ0v) is 23.4. The van der Waals surface area contributed by atoms with Gasteiger partial charge in [-0.25, -0.2) is 9.78 Å². The first-order chi connectivity index (χ1) is 19.4. The van der Waals surface area contributed by atoms with Crippen molar-refractivity contribution in [3.05, 3.63) is 112 Å². The third kappa shape index (κ3) is 6.20. The Labute approximate surface area is 235 Å². The number of aromatic nitrogens is 3. The first-order valence-electron chi connectivity index (χ1n) is 13.8. The van der Waals surface area contributed by atoms with Crippen LogP contribution in [0.4, 0.5) is 0 Å². The zero-order chi connectivity index (χ0) is 28.1. The number of H-pyrrole nitrogens is 1. The van der Waals surface area contributed by atoms with Crippen LogP contribution in [-0.2, 0) is 4.74 Å². The van der Waals surface area contributed by atoms with Gasteiger partial charge in [-0.15, -0.1) is 0 Å². The van der Waals surface area contributed by atoms with Gasteiger partial charge in [-0.3, -0.25) is 4.98 Å². The maximum Gasteiger partial charge on any atom is 0.338 e. The van der Waals surface area contributed by atoms with E-state index in [4.69, 9.17) is 4.74 Å². The fourth-order valence-corrected chi connectivity index (χ4v) is 5.05. The Balaban J connectivity index is 1.38. The second-order valence-electron chi connectivity index (χ2n) is 10.4. The molecule has 202 valence electrons. The molecule has 0 radical (unpaired) electrons. The van der Waals surface area contributed by atoms with E-state index in [1.54, 1.807) is 6.33 Å². The summed E-state index contributed by atoms with van der Waals surface area (Å²) in [6.45, 7) is 10.4. The van der Waals surface area contributed by atoms with Gasteiger partial charge in [0.05, 0.1) is 29.0 Å². The Morgan fingerprint density at radius 2 is 1.85 bits per heavy atom. The highest BCUT2D eigenvalue weighted by Gasteiger charge is 2.18. The van der Waals surface area contributed by atoms with Crippen molar-refractivity contribution in [2.24, 2.45) is 0 Å². The number of carbonyl (C=O) groups excluding carboxylic acids is 1. The van der Waals surface area contributed by atoms with E-state index in [2.05, 4.69) is 52.7 Å². The molecule has 1 aliphatic rings. The average Bonchev–Trinajstić information content (AvgIpc) is 3.36. The molecule has 0 saturated carbocycles. The minimum atomic E-state index is -0.257. The van der Waals surface area contributed by atoms with Gasteiger partial charge in [0.25, 0.3) is 0 Å². The number of carbonyl (C=O) groups is 1. The summed E-state index contributed by atoms with van der Waals surface area (Å²) in [5.41, 5.74) is 8.52. The molecule has 0 bridgehead atoms. The number of aromatic amines is 1. The molecule has 5 nitrogen and oxygen atoms in total. The molecule has 4 aromatic rings. The second kappa shape index (κ2) is 12.1. The lowest BCUT2D eigenvalue weighted by Crippen LogP contribution is -2.22. The number of esters is 1. The zero-order valence-electron chi connectivity index (χ0n) is 23.4. The fourth-order valence-electron chi connectivity index (χ4n) is 5.05. The van der Waals surface area contributed by atoms with Crippen LogP contribution in [0.3, 0.4) is 0 Å². The van der Waals surface area contributed by atoms with Crippen LogP contribution in [0.15, 0.2) is 84.7 Å². The molecule has 0 amide bonds. The van der Waals surface area contributed by atoms with Gasteiger partial charge >= 0.3 is 5.97 Å². The molecule has 5 rings (SSSR count). The van der Waals surface area contributed by atoms with Crippen LogP contribution in [0.1, 0.15) is 61.1 Å².